The molecule has 0 aliphatic carbocycles. The monoisotopic (exact) mass is 217 g/mol. The van der Waals surface area contributed by atoms with E-state index >= 15 is 0 Å². The van der Waals surface area contributed by atoms with Gasteiger partial charge in [-0.3, -0.25) is 9.63 Å². The zero-order valence-corrected chi connectivity index (χ0v) is 9.13. The van der Waals surface area contributed by atoms with Gasteiger partial charge in [0.2, 0.25) is 0 Å². The molecule has 1 aromatic carbocycles. The molecule has 84 valence electrons. The van der Waals surface area contributed by atoms with Crippen LogP contribution in [0.5, 0.6) is 0 Å². The van der Waals surface area contributed by atoms with E-state index in [0.29, 0.717) is 18.7 Å². The maximum absolute atomic E-state index is 12.0. The second-order valence-electron chi connectivity index (χ2n) is 3.68. The first-order chi connectivity index (χ1) is 7.88. The lowest BCUT2D eigenvalue weighted by atomic mass is 10.2. The molecule has 1 aliphatic rings. The quantitative estimate of drug-likeness (QED) is 0.676. The number of carbonyl (C=O) groups is 1. The van der Waals surface area contributed by atoms with Crippen molar-refractivity contribution in [1.82, 2.24) is 5.06 Å². The average Bonchev–Trinajstić information content (AvgIpc) is 2.29. The standard InChI is InChI=1S/C13H15NO2/c15-13(12-8-4-3-5-9-12)14-10-6-1-2-7-11-16-14/h1,3-6,8-9H,2,7,10-11H2/b6-1-. The minimum absolute atomic E-state index is 0.0767. The van der Waals surface area contributed by atoms with Crippen molar-refractivity contribution < 1.29 is 9.63 Å². The summed E-state index contributed by atoms with van der Waals surface area (Å²) in [4.78, 5) is 17.5. The van der Waals surface area contributed by atoms with Crippen LogP contribution in [-0.2, 0) is 4.84 Å². The van der Waals surface area contributed by atoms with Crippen molar-refractivity contribution in [2.24, 2.45) is 0 Å². The number of nitrogens with zero attached hydrogens (tertiary/aromatic N) is 1. The van der Waals surface area contributed by atoms with Crippen molar-refractivity contribution in [3.63, 3.8) is 0 Å². The summed E-state index contributed by atoms with van der Waals surface area (Å²) in [6.45, 7) is 1.12. The highest BCUT2D eigenvalue weighted by atomic mass is 16.7. The molecule has 1 heterocycles. The highest BCUT2D eigenvalue weighted by molar-refractivity contribution is 5.93. The summed E-state index contributed by atoms with van der Waals surface area (Å²) in [5, 5.41) is 1.42. The molecule has 3 nitrogen and oxygen atoms in total. The van der Waals surface area contributed by atoms with Gasteiger partial charge in [0, 0.05) is 5.56 Å². The van der Waals surface area contributed by atoms with Gasteiger partial charge in [-0.2, -0.15) is 0 Å². The van der Waals surface area contributed by atoms with Crippen molar-refractivity contribution in [1.29, 1.82) is 0 Å². The van der Waals surface area contributed by atoms with E-state index in [1.165, 1.54) is 5.06 Å². The second-order valence-corrected chi connectivity index (χ2v) is 3.68. The summed E-state index contributed by atoms with van der Waals surface area (Å²) in [5.74, 6) is -0.0767. The molecule has 16 heavy (non-hydrogen) atoms. The van der Waals surface area contributed by atoms with E-state index in [-0.39, 0.29) is 5.91 Å². The van der Waals surface area contributed by atoms with Crippen LogP contribution in [0.25, 0.3) is 0 Å². The third kappa shape index (κ3) is 2.70. The van der Waals surface area contributed by atoms with Crippen LogP contribution in [-0.4, -0.2) is 24.1 Å². The average molecular weight is 217 g/mol. The number of hydrogen-bond donors (Lipinski definition) is 0. The first-order valence-electron chi connectivity index (χ1n) is 5.53. The number of hydroxylamine groups is 2. The molecule has 0 radical (unpaired) electrons. The summed E-state index contributed by atoms with van der Waals surface area (Å²) < 4.78 is 0. The van der Waals surface area contributed by atoms with E-state index < -0.39 is 0 Å². The van der Waals surface area contributed by atoms with Gasteiger partial charge in [0.05, 0.1) is 13.2 Å². The zero-order chi connectivity index (χ0) is 11.2. The highest BCUT2D eigenvalue weighted by Crippen LogP contribution is 2.08. The fourth-order valence-electron chi connectivity index (χ4n) is 1.58. The molecular weight excluding hydrogens is 202 g/mol. The number of benzene rings is 1. The fraction of sp³-hybridized carbons (Fsp3) is 0.308. The topological polar surface area (TPSA) is 29.5 Å². The number of carbonyl (C=O) groups excluding carboxylic acids is 1. The van der Waals surface area contributed by atoms with Gasteiger partial charge < -0.3 is 0 Å². The van der Waals surface area contributed by atoms with Crippen LogP contribution in [0.1, 0.15) is 23.2 Å². The van der Waals surface area contributed by atoms with Crippen LogP contribution in [0.15, 0.2) is 42.5 Å². The van der Waals surface area contributed by atoms with Gasteiger partial charge in [0.25, 0.3) is 5.91 Å². The van der Waals surface area contributed by atoms with Gasteiger partial charge in [-0.25, -0.2) is 5.06 Å². The molecule has 1 aromatic rings. The molecule has 0 atom stereocenters. The van der Waals surface area contributed by atoms with E-state index in [1.807, 2.05) is 24.3 Å². The molecule has 0 saturated carbocycles. The van der Waals surface area contributed by atoms with E-state index in [0.717, 1.165) is 12.8 Å². The summed E-state index contributed by atoms with van der Waals surface area (Å²) in [6, 6.07) is 9.20. The molecule has 0 aromatic heterocycles. The third-order valence-electron chi connectivity index (χ3n) is 2.45. The highest BCUT2D eigenvalue weighted by Gasteiger charge is 2.15. The minimum atomic E-state index is -0.0767. The number of rotatable bonds is 1. The Kier molecular flexibility index (Phi) is 3.72. The maximum atomic E-state index is 12.0. The smallest absolute Gasteiger partial charge is 0.270 e. The van der Waals surface area contributed by atoms with Gasteiger partial charge in [-0.1, -0.05) is 30.4 Å². The van der Waals surface area contributed by atoms with E-state index in [9.17, 15) is 4.79 Å². The van der Waals surface area contributed by atoms with Gasteiger partial charge in [0.15, 0.2) is 0 Å². The van der Waals surface area contributed by atoms with Crippen molar-refractivity contribution in [2.45, 2.75) is 12.8 Å². The van der Waals surface area contributed by atoms with Crippen molar-refractivity contribution in [2.75, 3.05) is 13.2 Å². The van der Waals surface area contributed by atoms with Crippen molar-refractivity contribution in [3.8, 4) is 0 Å². The number of hydrogen-bond acceptors (Lipinski definition) is 2. The Morgan fingerprint density at radius 2 is 2.00 bits per heavy atom. The maximum Gasteiger partial charge on any atom is 0.277 e. The van der Waals surface area contributed by atoms with Crippen LogP contribution in [0.2, 0.25) is 0 Å². The molecule has 0 fully saturated rings. The first-order valence-corrected chi connectivity index (χ1v) is 5.53. The van der Waals surface area contributed by atoms with Crippen molar-refractivity contribution in [3.05, 3.63) is 48.0 Å². The molecule has 2 rings (SSSR count). The number of amides is 1. The van der Waals surface area contributed by atoms with Crippen LogP contribution < -0.4 is 0 Å². The predicted molar refractivity (Wildman–Crippen MR) is 61.8 cm³/mol. The van der Waals surface area contributed by atoms with Crippen LogP contribution in [0, 0.1) is 0 Å². The van der Waals surface area contributed by atoms with E-state index in [2.05, 4.69) is 6.08 Å². The predicted octanol–water partition coefficient (Wildman–Crippen LogP) is 2.41. The van der Waals surface area contributed by atoms with E-state index in [1.54, 1.807) is 12.1 Å². The molecule has 0 spiro atoms. The van der Waals surface area contributed by atoms with Gasteiger partial charge in [-0.15, -0.1) is 0 Å². The Bertz CT molecular complexity index is 373. The molecule has 3 heteroatoms. The second kappa shape index (κ2) is 5.47. The minimum Gasteiger partial charge on any atom is -0.270 e. The van der Waals surface area contributed by atoms with Gasteiger partial charge in [-0.05, 0) is 25.0 Å². The van der Waals surface area contributed by atoms with Crippen LogP contribution >= 0.6 is 0 Å². The molecule has 1 amide bonds. The molecule has 0 N–H and O–H groups in total. The Balaban J connectivity index is 2.08. The molecule has 1 aliphatic heterocycles. The van der Waals surface area contributed by atoms with Crippen LogP contribution in [0.4, 0.5) is 0 Å². The summed E-state index contributed by atoms with van der Waals surface area (Å²) in [7, 11) is 0. The van der Waals surface area contributed by atoms with Gasteiger partial charge in [0.1, 0.15) is 0 Å². The summed E-state index contributed by atoms with van der Waals surface area (Å²) in [5.41, 5.74) is 0.663. The molecular formula is C13H15NO2. The Hall–Kier alpha value is -1.61. The Morgan fingerprint density at radius 1 is 1.19 bits per heavy atom. The van der Waals surface area contributed by atoms with Crippen LogP contribution in [0.3, 0.4) is 0 Å². The lowest BCUT2D eigenvalue weighted by Gasteiger charge is -2.21. The lowest BCUT2D eigenvalue weighted by Crippen LogP contribution is -2.32. The lowest BCUT2D eigenvalue weighted by molar-refractivity contribution is -0.118. The number of allylic oxidation sites excluding steroid dienone is 1. The SMILES string of the molecule is O=C(c1ccccc1)N1C/C=C\CCCO1. The van der Waals surface area contributed by atoms with Gasteiger partial charge >= 0.3 is 0 Å². The Labute approximate surface area is 95.3 Å². The summed E-state index contributed by atoms with van der Waals surface area (Å²) >= 11 is 0. The Morgan fingerprint density at radius 3 is 2.81 bits per heavy atom. The molecule has 0 saturated heterocycles. The molecule has 0 bridgehead atoms. The largest absolute Gasteiger partial charge is 0.277 e. The first kappa shape index (κ1) is 10.9. The van der Waals surface area contributed by atoms with Crippen molar-refractivity contribution >= 4 is 5.91 Å². The fourth-order valence-corrected chi connectivity index (χ4v) is 1.58. The summed E-state index contributed by atoms with van der Waals surface area (Å²) in [6.07, 6.45) is 6.04. The normalized spacial score (nSPS) is 18.6. The zero-order valence-electron chi connectivity index (χ0n) is 9.13. The van der Waals surface area contributed by atoms with E-state index in [4.69, 9.17) is 4.84 Å². The third-order valence-corrected chi connectivity index (χ3v) is 2.45. The molecule has 0 unspecified atom stereocenters.